The minimum absolute atomic E-state index is 0.161. The van der Waals surface area contributed by atoms with Crippen LogP contribution in [0.5, 0.6) is 0 Å². The molecule has 32 heavy (non-hydrogen) atoms. The molecule has 0 spiro atoms. The van der Waals surface area contributed by atoms with Crippen LogP contribution in [0.15, 0.2) is 24.5 Å². The number of tetrazole rings is 1. The molecule has 2 heterocycles. The van der Waals surface area contributed by atoms with Gasteiger partial charge in [0.05, 0.1) is 5.69 Å². The zero-order valence-electron chi connectivity index (χ0n) is 18.1. The first-order chi connectivity index (χ1) is 15.3. The summed E-state index contributed by atoms with van der Waals surface area (Å²) < 4.78 is 1.51. The maximum Gasteiger partial charge on any atom is 0.252 e. The second-order valence-electron chi connectivity index (χ2n) is 9.84. The lowest BCUT2D eigenvalue weighted by Gasteiger charge is -2.35. The molecule has 2 amide bonds. The zero-order valence-corrected chi connectivity index (χ0v) is 18.9. The predicted molar refractivity (Wildman–Crippen MR) is 116 cm³/mol. The first-order valence-electron chi connectivity index (χ1n) is 11.1. The third-order valence-corrected chi connectivity index (χ3v) is 7.60. The molecular formula is C22H27ClN6O3. The van der Waals surface area contributed by atoms with Crippen LogP contribution in [0, 0.1) is 23.2 Å². The number of aromatic nitrogens is 4. The van der Waals surface area contributed by atoms with Crippen molar-refractivity contribution in [2.24, 2.45) is 23.2 Å². The molecule has 1 aromatic carbocycles. The van der Waals surface area contributed by atoms with Gasteiger partial charge in [-0.15, -0.1) is 5.10 Å². The van der Waals surface area contributed by atoms with Crippen LogP contribution < -0.4 is 5.32 Å². The summed E-state index contributed by atoms with van der Waals surface area (Å²) >= 11 is 6.17. The van der Waals surface area contributed by atoms with Gasteiger partial charge < -0.3 is 15.3 Å². The van der Waals surface area contributed by atoms with Crippen molar-refractivity contribution < 1.29 is 14.7 Å². The van der Waals surface area contributed by atoms with Gasteiger partial charge in [0.25, 0.3) is 5.91 Å². The molecular weight excluding hydrogens is 432 g/mol. The van der Waals surface area contributed by atoms with Crippen LogP contribution in [0.4, 0.5) is 0 Å². The van der Waals surface area contributed by atoms with E-state index in [0.29, 0.717) is 29.1 Å². The lowest BCUT2D eigenvalue weighted by molar-refractivity contribution is -0.152. The molecule has 0 bridgehead atoms. The summed E-state index contributed by atoms with van der Waals surface area (Å²) in [4.78, 5) is 28.0. The third-order valence-electron chi connectivity index (χ3n) is 7.36. The average molecular weight is 459 g/mol. The smallest absolute Gasteiger partial charge is 0.252 e. The number of fused-ring (bicyclic) bond motifs is 1. The van der Waals surface area contributed by atoms with Crippen molar-refractivity contribution in [3.8, 4) is 5.69 Å². The first-order valence-corrected chi connectivity index (χ1v) is 11.4. The minimum Gasteiger partial charge on any atom is -0.383 e. The highest BCUT2D eigenvalue weighted by molar-refractivity contribution is 6.30. The molecule has 4 atom stereocenters. The van der Waals surface area contributed by atoms with Gasteiger partial charge >= 0.3 is 0 Å². The number of carbonyl (C=O) groups excluding carboxylic acids is 2. The number of amides is 2. The van der Waals surface area contributed by atoms with Crippen LogP contribution in [-0.4, -0.2) is 60.7 Å². The number of halogens is 1. The Morgan fingerprint density at radius 1 is 1.34 bits per heavy atom. The Bertz CT molecular complexity index is 1040. The van der Waals surface area contributed by atoms with Gasteiger partial charge in [0.1, 0.15) is 18.5 Å². The molecule has 5 rings (SSSR count). The van der Waals surface area contributed by atoms with Crippen LogP contribution in [0.1, 0.15) is 38.7 Å². The Balaban J connectivity index is 1.30. The molecule has 2 N–H and O–H groups in total. The zero-order chi connectivity index (χ0) is 22.6. The van der Waals surface area contributed by atoms with Gasteiger partial charge in [0.2, 0.25) is 5.91 Å². The summed E-state index contributed by atoms with van der Waals surface area (Å²) in [5.41, 5.74) is 0.994. The molecule has 9 nitrogen and oxygen atoms in total. The maximum absolute atomic E-state index is 13.2. The Labute approximate surface area is 191 Å². The number of piperidine rings is 1. The number of rotatable bonds is 7. The highest BCUT2D eigenvalue weighted by atomic mass is 35.5. The van der Waals surface area contributed by atoms with E-state index in [1.807, 2.05) is 13.8 Å². The Morgan fingerprint density at radius 2 is 2.12 bits per heavy atom. The number of aliphatic hydroxyl groups excluding tert-OH is 1. The molecule has 1 unspecified atom stereocenters. The van der Waals surface area contributed by atoms with Crippen LogP contribution in [0.25, 0.3) is 5.69 Å². The minimum atomic E-state index is -1.10. The van der Waals surface area contributed by atoms with Gasteiger partial charge in [-0.2, -0.15) is 0 Å². The topological polar surface area (TPSA) is 113 Å². The molecule has 2 aliphatic carbocycles. The fraction of sp³-hybridized carbons (Fsp3) is 0.591. The maximum atomic E-state index is 13.2. The largest absolute Gasteiger partial charge is 0.383 e. The van der Waals surface area contributed by atoms with E-state index >= 15 is 0 Å². The summed E-state index contributed by atoms with van der Waals surface area (Å²) in [5.74, 6) is 0.328. The molecule has 0 radical (unpaired) electrons. The normalized spacial score (nSPS) is 25.4. The van der Waals surface area contributed by atoms with E-state index in [1.165, 1.54) is 11.0 Å². The number of aliphatic hydroxyl groups is 1. The Kier molecular flexibility index (Phi) is 5.21. The van der Waals surface area contributed by atoms with Crippen LogP contribution in [0.3, 0.4) is 0 Å². The van der Waals surface area contributed by atoms with E-state index in [0.717, 1.165) is 24.8 Å². The number of nitrogens with one attached hydrogen (secondary N) is 1. The number of hydrogen-bond donors (Lipinski definition) is 2. The molecule has 2 aromatic rings. The van der Waals surface area contributed by atoms with E-state index in [-0.39, 0.29) is 24.3 Å². The molecule has 1 aromatic heterocycles. The second kappa shape index (κ2) is 7.81. The first kappa shape index (κ1) is 21.3. The van der Waals surface area contributed by atoms with Gasteiger partial charge in [-0.1, -0.05) is 25.4 Å². The lowest BCUT2D eigenvalue weighted by Crippen LogP contribution is -2.54. The van der Waals surface area contributed by atoms with E-state index in [2.05, 4.69) is 20.8 Å². The second-order valence-corrected chi connectivity index (χ2v) is 10.3. The quantitative estimate of drug-likeness (QED) is 0.651. The van der Waals surface area contributed by atoms with Crippen molar-refractivity contribution in [1.82, 2.24) is 30.4 Å². The molecule has 2 saturated carbocycles. The van der Waals surface area contributed by atoms with Crippen molar-refractivity contribution in [2.45, 2.75) is 51.8 Å². The van der Waals surface area contributed by atoms with Gasteiger partial charge in [-0.25, -0.2) is 4.68 Å². The third kappa shape index (κ3) is 3.77. The van der Waals surface area contributed by atoms with E-state index in [4.69, 9.17) is 11.6 Å². The van der Waals surface area contributed by atoms with Crippen molar-refractivity contribution >= 4 is 23.4 Å². The van der Waals surface area contributed by atoms with Crippen LogP contribution in [-0.2, 0) is 16.1 Å². The summed E-state index contributed by atoms with van der Waals surface area (Å²) in [5, 5.41) is 25.6. The average Bonchev–Trinajstić information content (AvgIpc) is 3.68. The predicted octanol–water partition coefficient (Wildman–Crippen LogP) is 1.58. The highest BCUT2D eigenvalue weighted by Crippen LogP contribution is 2.52. The van der Waals surface area contributed by atoms with Crippen LogP contribution >= 0.6 is 11.6 Å². The molecule has 1 aliphatic heterocycles. The summed E-state index contributed by atoms with van der Waals surface area (Å²) in [6.45, 7) is 4.64. The summed E-state index contributed by atoms with van der Waals surface area (Å²) in [6, 6.07) is 4.74. The standard InChI is InChI=1S/C22H27ClN6O3/c1-22(2,14-3-4-14)19(30)21(32)28-10-13-8-16(13)18(28)20(31)24-9-12-7-15(23)5-6-17(12)29-11-25-26-27-29/h5-7,11,13-14,16,18-19,30H,3-4,8-10H2,1-2H3,(H,24,31)/t13-,16-,18+,19?/m1/s1. The van der Waals surface area contributed by atoms with Gasteiger partial charge in [-0.3, -0.25) is 9.59 Å². The molecule has 10 heteroatoms. The lowest BCUT2D eigenvalue weighted by atomic mass is 9.80. The number of benzene rings is 1. The molecule has 3 aliphatic rings. The van der Waals surface area contributed by atoms with Crippen LogP contribution in [0.2, 0.25) is 5.02 Å². The highest BCUT2D eigenvalue weighted by Gasteiger charge is 2.58. The summed E-state index contributed by atoms with van der Waals surface area (Å²) in [7, 11) is 0. The van der Waals surface area contributed by atoms with E-state index < -0.39 is 17.6 Å². The molecule has 3 fully saturated rings. The SMILES string of the molecule is CC(C)(C1CC1)C(O)C(=O)N1C[C@H]2C[C@H]2[C@H]1C(=O)NCc1cc(Cl)ccc1-n1cnnn1. The molecule has 1 saturated heterocycles. The van der Waals surface area contributed by atoms with Gasteiger partial charge in [0, 0.05) is 23.5 Å². The number of hydrogen-bond acceptors (Lipinski definition) is 6. The Hall–Kier alpha value is -2.52. The Morgan fingerprint density at radius 3 is 2.81 bits per heavy atom. The summed E-state index contributed by atoms with van der Waals surface area (Å²) in [6.07, 6.45) is 3.40. The van der Waals surface area contributed by atoms with E-state index in [1.54, 1.807) is 23.1 Å². The van der Waals surface area contributed by atoms with Gasteiger partial charge in [0.15, 0.2) is 0 Å². The van der Waals surface area contributed by atoms with E-state index in [9.17, 15) is 14.7 Å². The van der Waals surface area contributed by atoms with Gasteiger partial charge in [-0.05, 0) is 71.2 Å². The number of likely N-dealkylation sites (tertiary alicyclic amines) is 1. The number of carbonyl (C=O) groups is 2. The van der Waals surface area contributed by atoms with Crippen molar-refractivity contribution in [1.29, 1.82) is 0 Å². The number of nitrogens with zero attached hydrogens (tertiary/aromatic N) is 5. The monoisotopic (exact) mass is 458 g/mol. The van der Waals surface area contributed by atoms with Crippen molar-refractivity contribution in [3.63, 3.8) is 0 Å². The van der Waals surface area contributed by atoms with Crippen molar-refractivity contribution in [2.75, 3.05) is 6.54 Å². The fourth-order valence-electron chi connectivity index (χ4n) is 5.03. The fourth-order valence-corrected chi connectivity index (χ4v) is 5.23. The molecule has 170 valence electrons. The van der Waals surface area contributed by atoms with Crippen molar-refractivity contribution in [3.05, 3.63) is 35.1 Å².